The summed E-state index contributed by atoms with van der Waals surface area (Å²) in [4.78, 5) is 8.65. The summed E-state index contributed by atoms with van der Waals surface area (Å²) in [5.74, 6) is -0.182. The molecule has 0 amide bonds. The first-order valence-corrected chi connectivity index (χ1v) is 9.95. The summed E-state index contributed by atoms with van der Waals surface area (Å²) in [5, 5.41) is 9.73. The van der Waals surface area contributed by atoms with Crippen LogP contribution in [-0.4, -0.2) is 42.8 Å². The van der Waals surface area contributed by atoms with Crippen molar-refractivity contribution in [1.29, 1.82) is 0 Å². The highest BCUT2D eigenvalue weighted by Gasteiger charge is 2.27. The van der Waals surface area contributed by atoms with Gasteiger partial charge in [-0.05, 0) is 35.7 Å². The highest BCUT2D eigenvalue weighted by molar-refractivity contribution is 7.82. The van der Waals surface area contributed by atoms with Crippen LogP contribution in [-0.2, 0) is 11.0 Å². The maximum atomic E-state index is 14.8. The molecule has 0 aliphatic carbocycles. The standard InChI is InChI=1S/C20H19FN4O2S/c21-17-9-13(5-6-16(17)18-10-24-20(22)11-23-18)15-3-1-2-4-19(15)28(27)25-8-7-14(26)12-25/h1-6,9-11,14,26H,7-8,12H2,(H2,22,24). The Morgan fingerprint density at radius 1 is 1.14 bits per heavy atom. The van der Waals surface area contributed by atoms with Gasteiger partial charge in [0, 0.05) is 18.7 Å². The third-order valence-corrected chi connectivity index (χ3v) is 6.20. The fourth-order valence-electron chi connectivity index (χ4n) is 3.23. The molecule has 4 rings (SSSR count). The van der Waals surface area contributed by atoms with E-state index < -0.39 is 22.9 Å². The van der Waals surface area contributed by atoms with Crippen LogP contribution >= 0.6 is 0 Å². The molecular formula is C20H19FN4O2S. The molecule has 0 saturated carbocycles. The van der Waals surface area contributed by atoms with Gasteiger partial charge in [-0.15, -0.1) is 0 Å². The number of aliphatic hydroxyl groups is 1. The van der Waals surface area contributed by atoms with E-state index in [0.29, 0.717) is 46.8 Å². The zero-order chi connectivity index (χ0) is 19.7. The lowest BCUT2D eigenvalue weighted by Gasteiger charge is -2.17. The number of halogens is 1. The molecule has 1 saturated heterocycles. The second kappa shape index (κ2) is 7.75. The molecule has 1 aliphatic rings. The summed E-state index contributed by atoms with van der Waals surface area (Å²) >= 11 is 0. The SMILES string of the molecule is Nc1cnc(-c2ccc(-c3ccccc3S(=O)N3CCC(O)C3)cc2F)cn1. The molecule has 0 spiro atoms. The van der Waals surface area contributed by atoms with E-state index in [1.807, 2.05) is 12.1 Å². The smallest absolute Gasteiger partial charge is 0.141 e. The Balaban J connectivity index is 1.69. The number of hydrogen-bond acceptors (Lipinski definition) is 5. The maximum Gasteiger partial charge on any atom is 0.141 e. The zero-order valence-corrected chi connectivity index (χ0v) is 15.8. The second-order valence-corrected chi connectivity index (χ2v) is 8.05. The number of aliphatic hydroxyl groups excluding tert-OH is 1. The molecule has 144 valence electrons. The van der Waals surface area contributed by atoms with Gasteiger partial charge in [-0.25, -0.2) is 17.9 Å². The van der Waals surface area contributed by atoms with E-state index in [0.717, 1.165) is 0 Å². The fraction of sp³-hybridized carbons (Fsp3) is 0.200. The minimum Gasteiger partial charge on any atom is -0.392 e. The first-order valence-electron chi connectivity index (χ1n) is 8.84. The average molecular weight is 398 g/mol. The van der Waals surface area contributed by atoms with Gasteiger partial charge in [-0.3, -0.25) is 4.98 Å². The van der Waals surface area contributed by atoms with Crippen molar-refractivity contribution in [3.05, 3.63) is 60.7 Å². The summed E-state index contributed by atoms with van der Waals surface area (Å²) in [6.45, 7) is 0.926. The van der Waals surface area contributed by atoms with Crippen molar-refractivity contribution in [3.63, 3.8) is 0 Å². The Morgan fingerprint density at radius 3 is 2.64 bits per heavy atom. The summed E-state index contributed by atoms with van der Waals surface area (Å²) in [5.41, 5.74) is 7.55. The van der Waals surface area contributed by atoms with Gasteiger partial charge in [0.05, 0.1) is 29.1 Å². The number of anilines is 1. The molecular weight excluding hydrogens is 379 g/mol. The number of nitrogens with two attached hydrogens (primary N) is 1. The lowest BCUT2D eigenvalue weighted by molar-refractivity contribution is 0.190. The monoisotopic (exact) mass is 398 g/mol. The van der Waals surface area contributed by atoms with E-state index in [-0.39, 0.29) is 5.82 Å². The minimum absolute atomic E-state index is 0.268. The van der Waals surface area contributed by atoms with E-state index in [9.17, 15) is 13.7 Å². The molecule has 3 aromatic rings. The number of nitrogens with zero attached hydrogens (tertiary/aromatic N) is 3. The quantitative estimate of drug-likeness (QED) is 0.705. The Hall–Kier alpha value is -2.68. The van der Waals surface area contributed by atoms with Crippen LogP contribution in [0.5, 0.6) is 0 Å². The van der Waals surface area contributed by atoms with E-state index in [1.165, 1.54) is 18.5 Å². The highest BCUT2D eigenvalue weighted by atomic mass is 32.2. The number of β-amino-alcohol motifs (C(OH)–C–C–N with tert-alkyl or cyclic N) is 1. The molecule has 1 aliphatic heterocycles. The van der Waals surface area contributed by atoms with Crippen LogP contribution in [0.15, 0.2) is 59.8 Å². The Labute approximate surface area is 164 Å². The fourth-order valence-corrected chi connectivity index (χ4v) is 4.65. The predicted octanol–water partition coefficient (Wildman–Crippen LogP) is 2.62. The topological polar surface area (TPSA) is 92.3 Å². The second-order valence-electron chi connectivity index (χ2n) is 6.60. The summed E-state index contributed by atoms with van der Waals surface area (Å²) in [6, 6.07) is 12.0. The predicted molar refractivity (Wildman–Crippen MR) is 106 cm³/mol. The molecule has 2 unspecified atom stereocenters. The first kappa shape index (κ1) is 18.7. The molecule has 1 aromatic heterocycles. The van der Waals surface area contributed by atoms with Gasteiger partial charge in [-0.2, -0.15) is 0 Å². The normalized spacial score (nSPS) is 18.3. The van der Waals surface area contributed by atoms with Crippen LogP contribution in [0.1, 0.15) is 6.42 Å². The molecule has 2 heterocycles. The number of nitrogen functional groups attached to an aromatic ring is 1. The minimum atomic E-state index is -1.43. The van der Waals surface area contributed by atoms with Crippen molar-refractivity contribution in [3.8, 4) is 22.4 Å². The van der Waals surface area contributed by atoms with Crippen molar-refractivity contribution in [2.75, 3.05) is 18.8 Å². The largest absolute Gasteiger partial charge is 0.392 e. The van der Waals surface area contributed by atoms with Crippen molar-refractivity contribution in [1.82, 2.24) is 14.3 Å². The maximum absolute atomic E-state index is 14.8. The molecule has 6 nitrogen and oxygen atoms in total. The molecule has 0 bridgehead atoms. The van der Waals surface area contributed by atoms with E-state index in [1.54, 1.807) is 28.6 Å². The van der Waals surface area contributed by atoms with Crippen LogP contribution in [0, 0.1) is 5.82 Å². The van der Waals surface area contributed by atoms with E-state index in [4.69, 9.17) is 5.73 Å². The third kappa shape index (κ3) is 3.66. The molecule has 3 N–H and O–H groups in total. The van der Waals surface area contributed by atoms with Crippen molar-refractivity contribution < 1.29 is 13.7 Å². The lowest BCUT2D eigenvalue weighted by Crippen LogP contribution is -2.25. The van der Waals surface area contributed by atoms with Gasteiger partial charge >= 0.3 is 0 Å². The molecule has 28 heavy (non-hydrogen) atoms. The Morgan fingerprint density at radius 2 is 1.96 bits per heavy atom. The molecule has 2 aromatic carbocycles. The van der Waals surface area contributed by atoms with E-state index in [2.05, 4.69) is 9.97 Å². The Kier molecular flexibility index (Phi) is 5.17. The van der Waals surface area contributed by atoms with Gasteiger partial charge in [0.2, 0.25) is 0 Å². The van der Waals surface area contributed by atoms with Crippen molar-refractivity contribution in [2.24, 2.45) is 0 Å². The van der Waals surface area contributed by atoms with Crippen molar-refractivity contribution >= 4 is 16.8 Å². The molecule has 1 fully saturated rings. The number of hydrogen-bond donors (Lipinski definition) is 2. The summed E-state index contributed by atoms with van der Waals surface area (Å²) < 4.78 is 29.5. The average Bonchev–Trinajstić information content (AvgIpc) is 3.14. The molecule has 0 radical (unpaired) electrons. The lowest BCUT2D eigenvalue weighted by atomic mass is 10.0. The van der Waals surface area contributed by atoms with Crippen LogP contribution in [0.25, 0.3) is 22.4 Å². The number of benzene rings is 2. The van der Waals surface area contributed by atoms with Crippen molar-refractivity contribution in [2.45, 2.75) is 17.4 Å². The third-order valence-electron chi connectivity index (χ3n) is 4.66. The first-order chi connectivity index (χ1) is 13.5. The van der Waals surface area contributed by atoms with Crippen LogP contribution < -0.4 is 5.73 Å². The van der Waals surface area contributed by atoms with E-state index >= 15 is 0 Å². The molecule has 2 atom stereocenters. The zero-order valence-electron chi connectivity index (χ0n) is 15.0. The highest BCUT2D eigenvalue weighted by Crippen LogP contribution is 2.31. The number of rotatable bonds is 4. The van der Waals surface area contributed by atoms with Gasteiger partial charge in [0.15, 0.2) is 0 Å². The van der Waals surface area contributed by atoms with Gasteiger partial charge in [0.25, 0.3) is 0 Å². The summed E-state index contributed by atoms with van der Waals surface area (Å²) in [7, 11) is -1.43. The van der Waals surface area contributed by atoms with Crippen LogP contribution in [0.4, 0.5) is 10.2 Å². The molecule has 8 heteroatoms. The Bertz CT molecular complexity index is 1030. The van der Waals surface area contributed by atoms with Gasteiger partial charge in [-0.1, -0.05) is 24.3 Å². The van der Waals surface area contributed by atoms with Crippen LogP contribution in [0.2, 0.25) is 0 Å². The number of aromatic nitrogens is 2. The van der Waals surface area contributed by atoms with Gasteiger partial charge in [0.1, 0.15) is 22.6 Å². The summed E-state index contributed by atoms with van der Waals surface area (Å²) in [6.07, 6.45) is 2.94. The van der Waals surface area contributed by atoms with Gasteiger partial charge < -0.3 is 10.8 Å². The van der Waals surface area contributed by atoms with Crippen LogP contribution in [0.3, 0.4) is 0 Å².